The van der Waals surface area contributed by atoms with Crippen molar-refractivity contribution < 1.29 is 0 Å². The molecule has 2 bridgehead atoms. The van der Waals surface area contributed by atoms with E-state index >= 15 is 0 Å². The Morgan fingerprint density at radius 3 is 2.53 bits per heavy atom. The van der Waals surface area contributed by atoms with Crippen molar-refractivity contribution >= 4 is 0 Å². The van der Waals surface area contributed by atoms with Gasteiger partial charge in [0.1, 0.15) is 0 Å². The Kier molecular flexibility index (Phi) is 4.29. The maximum absolute atomic E-state index is 2.50. The van der Waals surface area contributed by atoms with Gasteiger partial charge in [0.25, 0.3) is 0 Å². The standard InChI is InChI=1S/C15H26/c1-2-3-4-5-6-7-8-14-11-13-9-10-15(14)12-13/h9,14-15H,2-8,10-12H2,1H3. The Balaban J connectivity index is 1.50. The Morgan fingerprint density at radius 2 is 1.87 bits per heavy atom. The maximum Gasteiger partial charge on any atom is -0.0286 e. The van der Waals surface area contributed by atoms with Crippen LogP contribution in [-0.4, -0.2) is 0 Å². The van der Waals surface area contributed by atoms with Crippen molar-refractivity contribution in [3.63, 3.8) is 0 Å². The van der Waals surface area contributed by atoms with E-state index in [4.69, 9.17) is 0 Å². The van der Waals surface area contributed by atoms with E-state index in [1.807, 2.05) is 0 Å². The van der Waals surface area contributed by atoms with E-state index < -0.39 is 0 Å². The molecule has 0 aromatic rings. The number of rotatable bonds is 7. The molecule has 0 heterocycles. The van der Waals surface area contributed by atoms with Crippen molar-refractivity contribution in [2.75, 3.05) is 0 Å². The quantitative estimate of drug-likeness (QED) is 0.402. The second kappa shape index (κ2) is 5.72. The van der Waals surface area contributed by atoms with Gasteiger partial charge in [0.2, 0.25) is 0 Å². The summed E-state index contributed by atoms with van der Waals surface area (Å²) in [4.78, 5) is 0. The molecule has 2 rings (SSSR count). The monoisotopic (exact) mass is 206 g/mol. The van der Waals surface area contributed by atoms with Crippen molar-refractivity contribution in [2.24, 2.45) is 11.8 Å². The normalized spacial score (nSPS) is 28.5. The molecule has 0 spiro atoms. The predicted molar refractivity (Wildman–Crippen MR) is 66.9 cm³/mol. The van der Waals surface area contributed by atoms with Crippen LogP contribution in [0.1, 0.15) is 71.1 Å². The summed E-state index contributed by atoms with van der Waals surface area (Å²) in [6.45, 7) is 2.29. The summed E-state index contributed by atoms with van der Waals surface area (Å²) in [5, 5.41) is 0. The van der Waals surface area contributed by atoms with Crippen LogP contribution in [0.15, 0.2) is 11.6 Å². The maximum atomic E-state index is 2.50. The Labute approximate surface area is 95.1 Å². The fourth-order valence-corrected chi connectivity index (χ4v) is 3.38. The van der Waals surface area contributed by atoms with E-state index in [1.165, 1.54) is 64.2 Å². The highest BCUT2D eigenvalue weighted by Gasteiger charge is 2.32. The molecule has 0 nitrogen and oxygen atoms in total. The van der Waals surface area contributed by atoms with Crippen LogP contribution >= 0.6 is 0 Å². The molecule has 86 valence electrons. The number of unbranched alkanes of at least 4 members (excludes halogenated alkanes) is 5. The van der Waals surface area contributed by atoms with Crippen LogP contribution in [0, 0.1) is 11.8 Å². The second-order valence-electron chi connectivity index (χ2n) is 5.58. The number of fused-ring (bicyclic) bond motifs is 2. The number of hydrogen-bond acceptors (Lipinski definition) is 0. The van der Waals surface area contributed by atoms with Gasteiger partial charge < -0.3 is 0 Å². The van der Waals surface area contributed by atoms with Crippen LogP contribution in [0.5, 0.6) is 0 Å². The number of allylic oxidation sites excluding steroid dienone is 2. The lowest BCUT2D eigenvalue weighted by Gasteiger charge is -2.18. The minimum atomic E-state index is 1.07. The van der Waals surface area contributed by atoms with Gasteiger partial charge in [-0.2, -0.15) is 0 Å². The third-order valence-electron chi connectivity index (χ3n) is 4.35. The summed E-state index contributed by atoms with van der Waals surface area (Å²) >= 11 is 0. The smallest absolute Gasteiger partial charge is 0.0286 e. The largest absolute Gasteiger partial charge is 0.0850 e. The summed E-state index contributed by atoms with van der Waals surface area (Å²) in [6, 6.07) is 0. The first-order valence-electron chi connectivity index (χ1n) is 7.08. The van der Waals surface area contributed by atoms with Gasteiger partial charge in [0.05, 0.1) is 0 Å². The van der Waals surface area contributed by atoms with Crippen molar-refractivity contribution in [2.45, 2.75) is 71.1 Å². The summed E-state index contributed by atoms with van der Waals surface area (Å²) in [7, 11) is 0. The molecule has 0 aromatic heterocycles. The van der Waals surface area contributed by atoms with Gasteiger partial charge in [-0.15, -0.1) is 0 Å². The molecule has 0 saturated heterocycles. The first-order chi connectivity index (χ1) is 7.40. The summed E-state index contributed by atoms with van der Waals surface area (Å²) in [5.41, 5.74) is 1.79. The lowest BCUT2D eigenvalue weighted by atomic mass is 9.87. The zero-order valence-corrected chi connectivity index (χ0v) is 10.3. The molecule has 2 atom stereocenters. The Hall–Kier alpha value is -0.260. The summed E-state index contributed by atoms with van der Waals surface area (Å²) in [6.07, 6.45) is 17.1. The molecule has 1 saturated carbocycles. The average molecular weight is 206 g/mol. The molecule has 0 heteroatoms. The van der Waals surface area contributed by atoms with E-state index in [1.54, 1.807) is 5.57 Å². The highest BCUT2D eigenvalue weighted by Crippen LogP contribution is 2.46. The van der Waals surface area contributed by atoms with Crippen molar-refractivity contribution in [3.8, 4) is 0 Å². The third-order valence-corrected chi connectivity index (χ3v) is 4.35. The molecule has 0 radical (unpaired) electrons. The third kappa shape index (κ3) is 3.09. The molecule has 15 heavy (non-hydrogen) atoms. The lowest BCUT2D eigenvalue weighted by Crippen LogP contribution is -2.07. The van der Waals surface area contributed by atoms with E-state index in [-0.39, 0.29) is 0 Å². The molecular formula is C15H26. The van der Waals surface area contributed by atoms with Crippen LogP contribution in [0.3, 0.4) is 0 Å². The van der Waals surface area contributed by atoms with Gasteiger partial charge in [-0.05, 0) is 37.5 Å². The molecular weight excluding hydrogens is 180 g/mol. The summed E-state index contributed by atoms with van der Waals surface area (Å²) in [5.74, 6) is 2.15. The highest BCUT2D eigenvalue weighted by molar-refractivity contribution is 5.18. The van der Waals surface area contributed by atoms with Crippen LogP contribution < -0.4 is 0 Å². The van der Waals surface area contributed by atoms with Crippen LogP contribution in [-0.2, 0) is 0 Å². The van der Waals surface area contributed by atoms with Crippen molar-refractivity contribution in [1.82, 2.24) is 0 Å². The minimum absolute atomic E-state index is 1.07. The Bertz CT molecular complexity index is 214. The molecule has 2 unspecified atom stereocenters. The average Bonchev–Trinajstić information content (AvgIpc) is 2.85. The minimum Gasteiger partial charge on any atom is -0.0850 e. The highest BCUT2D eigenvalue weighted by atomic mass is 14.4. The van der Waals surface area contributed by atoms with E-state index in [2.05, 4.69) is 13.0 Å². The van der Waals surface area contributed by atoms with Crippen LogP contribution in [0.25, 0.3) is 0 Å². The molecule has 2 aliphatic rings. The van der Waals surface area contributed by atoms with Crippen LogP contribution in [0.2, 0.25) is 0 Å². The van der Waals surface area contributed by atoms with Gasteiger partial charge in [-0.1, -0.05) is 57.1 Å². The SMILES string of the molecule is CCCCCCCCC1CC2=CCC1C2. The topological polar surface area (TPSA) is 0 Å². The van der Waals surface area contributed by atoms with Gasteiger partial charge in [0.15, 0.2) is 0 Å². The van der Waals surface area contributed by atoms with Gasteiger partial charge >= 0.3 is 0 Å². The van der Waals surface area contributed by atoms with Gasteiger partial charge in [-0.3, -0.25) is 0 Å². The fourth-order valence-electron chi connectivity index (χ4n) is 3.38. The Morgan fingerprint density at radius 1 is 1.07 bits per heavy atom. The van der Waals surface area contributed by atoms with E-state index in [0.29, 0.717) is 0 Å². The zero-order chi connectivity index (χ0) is 10.5. The molecule has 0 aliphatic heterocycles. The van der Waals surface area contributed by atoms with Crippen LogP contribution in [0.4, 0.5) is 0 Å². The second-order valence-corrected chi connectivity index (χ2v) is 5.58. The fraction of sp³-hybridized carbons (Fsp3) is 0.867. The van der Waals surface area contributed by atoms with Crippen molar-refractivity contribution in [3.05, 3.63) is 11.6 Å². The van der Waals surface area contributed by atoms with Crippen molar-refractivity contribution in [1.29, 1.82) is 0 Å². The number of hydrogen-bond donors (Lipinski definition) is 0. The molecule has 0 amide bonds. The first kappa shape index (κ1) is 11.2. The van der Waals surface area contributed by atoms with Gasteiger partial charge in [0, 0.05) is 0 Å². The summed E-state index contributed by atoms with van der Waals surface area (Å²) < 4.78 is 0. The molecule has 1 fully saturated rings. The molecule has 0 aromatic carbocycles. The predicted octanol–water partition coefficient (Wildman–Crippen LogP) is 5.09. The van der Waals surface area contributed by atoms with E-state index in [9.17, 15) is 0 Å². The zero-order valence-electron chi connectivity index (χ0n) is 10.3. The van der Waals surface area contributed by atoms with E-state index in [0.717, 1.165) is 11.8 Å². The first-order valence-corrected chi connectivity index (χ1v) is 7.08. The lowest BCUT2D eigenvalue weighted by molar-refractivity contribution is 0.351. The molecule has 0 N–H and O–H groups in total. The van der Waals surface area contributed by atoms with Gasteiger partial charge in [-0.25, -0.2) is 0 Å². The molecule has 2 aliphatic carbocycles.